The first kappa shape index (κ1) is 10.2. The molecule has 0 saturated carbocycles. The molecule has 0 spiro atoms. The van der Waals surface area contributed by atoms with Crippen molar-refractivity contribution in [3.8, 4) is 0 Å². The van der Waals surface area contributed by atoms with Crippen LogP contribution in [0.25, 0.3) is 0 Å². The summed E-state index contributed by atoms with van der Waals surface area (Å²) >= 11 is 0. The minimum Gasteiger partial charge on any atom is -0.377 e. The zero-order chi connectivity index (χ0) is 9.35. The minimum atomic E-state index is -3.79. The number of ether oxygens (including phenoxy) is 1. The largest absolute Gasteiger partial charge is 0.377 e. The van der Waals surface area contributed by atoms with E-state index in [2.05, 4.69) is 0 Å². The van der Waals surface area contributed by atoms with Gasteiger partial charge in [-0.15, -0.1) is 0 Å². The van der Waals surface area contributed by atoms with Crippen LogP contribution in [-0.4, -0.2) is 45.2 Å². The maximum atomic E-state index is 12.9. The topological polar surface area (TPSA) is 46.6 Å². The summed E-state index contributed by atoms with van der Waals surface area (Å²) in [6.07, 6.45) is -1.98. The van der Waals surface area contributed by atoms with E-state index < -0.39 is 21.5 Å². The molecular formula is C5H9ClFNO3S. The molecule has 1 rings (SSSR count). The molecule has 0 bridgehead atoms. The van der Waals surface area contributed by atoms with Crippen LogP contribution in [0.2, 0.25) is 0 Å². The van der Waals surface area contributed by atoms with E-state index in [1.54, 1.807) is 0 Å². The summed E-state index contributed by atoms with van der Waals surface area (Å²) in [6, 6.07) is 0. The van der Waals surface area contributed by atoms with Crippen molar-refractivity contribution in [2.75, 3.05) is 20.2 Å². The van der Waals surface area contributed by atoms with Gasteiger partial charge in [-0.25, -0.2) is 4.39 Å². The fourth-order valence-corrected chi connectivity index (χ4v) is 2.09. The number of hydrogen-bond donors (Lipinski definition) is 0. The van der Waals surface area contributed by atoms with Crippen LogP contribution < -0.4 is 0 Å². The van der Waals surface area contributed by atoms with Gasteiger partial charge in [0.1, 0.15) is 12.3 Å². The summed E-state index contributed by atoms with van der Waals surface area (Å²) in [6.45, 7) is -0.228. The van der Waals surface area contributed by atoms with Gasteiger partial charge in [0.15, 0.2) is 0 Å². The average molecular weight is 218 g/mol. The highest BCUT2D eigenvalue weighted by Gasteiger charge is 2.38. The van der Waals surface area contributed by atoms with Crippen LogP contribution in [0.15, 0.2) is 0 Å². The Labute approximate surface area is 74.8 Å². The molecule has 0 unspecified atom stereocenters. The second-order valence-electron chi connectivity index (χ2n) is 2.55. The van der Waals surface area contributed by atoms with E-state index in [1.807, 2.05) is 0 Å². The number of alkyl halides is 1. The third kappa shape index (κ3) is 2.07. The maximum absolute atomic E-state index is 12.9. The Bertz CT molecular complexity index is 257. The number of nitrogens with zero attached hydrogens (tertiary/aromatic N) is 1. The standard InChI is InChI=1S/C5H9ClFNO3S/c1-11-5-3-8(2-4(5)7)12(6,9)10/h4-5H,2-3H2,1H3/t4-,5-/m1/s1. The zero-order valence-electron chi connectivity index (χ0n) is 6.41. The minimum absolute atomic E-state index is 0.0104. The zero-order valence-corrected chi connectivity index (χ0v) is 7.98. The lowest BCUT2D eigenvalue weighted by atomic mass is 10.3. The van der Waals surface area contributed by atoms with Crippen LogP contribution in [0.5, 0.6) is 0 Å². The van der Waals surface area contributed by atoms with E-state index in [0.29, 0.717) is 0 Å². The highest BCUT2D eigenvalue weighted by Crippen LogP contribution is 2.20. The van der Waals surface area contributed by atoms with Crippen molar-refractivity contribution in [3.05, 3.63) is 0 Å². The molecule has 0 N–H and O–H groups in total. The van der Waals surface area contributed by atoms with Crippen LogP contribution in [0.4, 0.5) is 4.39 Å². The summed E-state index contributed by atoms with van der Waals surface area (Å²) in [4.78, 5) is 0. The third-order valence-corrected chi connectivity index (χ3v) is 3.28. The molecule has 7 heteroatoms. The highest BCUT2D eigenvalue weighted by molar-refractivity contribution is 8.11. The Kier molecular flexibility index (Phi) is 2.92. The van der Waals surface area contributed by atoms with E-state index in [-0.39, 0.29) is 13.1 Å². The molecule has 0 aliphatic carbocycles. The Morgan fingerprint density at radius 1 is 1.58 bits per heavy atom. The number of halogens is 2. The van der Waals surface area contributed by atoms with Crippen LogP contribution >= 0.6 is 10.7 Å². The van der Waals surface area contributed by atoms with Crippen molar-refractivity contribution in [1.29, 1.82) is 0 Å². The predicted octanol–water partition coefficient (Wildman–Crippen LogP) is 0.139. The Hall–Kier alpha value is 0.0900. The second-order valence-corrected chi connectivity index (χ2v) is 5.06. The van der Waals surface area contributed by atoms with Crippen LogP contribution in [0.3, 0.4) is 0 Å². The maximum Gasteiger partial charge on any atom is 0.299 e. The van der Waals surface area contributed by atoms with Gasteiger partial charge in [-0.1, -0.05) is 0 Å². The van der Waals surface area contributed by atoms with Crippen molar-refractivity contribution >= 4 is 19.9 Å². The molecule has 1 saturated heterocycles. The molecule has 0 aromatic rings. The SMILES string of the molecule is CO[C@@H]1CN(S(=O)(=O)Cl)C[C@H]1F. The fraction of sp³-hybridized carbons (Fsp3) is 1.00. The Balaban J connectivity index is 2.67. The van der Waals surface area contributed by atoms with Gasteiger partial charge < -0.3 is 4.74 Å². The van der Waals surface area contributed by atoms with E-state index in [1.165, 1.54) is 7.11 Å². The van der Waals surface area contributed by atoms with E-state index in [0.717, 1.165) is 4.31 Å². The van der Waals surface area contributed by atoms with Gasteiger partial charge in [0.25, 0.3) is 9.24 Å². The lowest BCUT2D eigenvalue weighted by Crippen LogP contribution is -2.25. The van der Waals surface area contributed by atoms with Crippen LogP contribution in [0, 0.1) is 0 Å². The van der Waals surface area contributed by atoms with E-state index >= 15 is 0 Å². The van der Waals surface area contributed by atoms with E-state index in [9.17, 15) is 12.8 Å². The van der Waals surface area contributed by atoms with Crippen molar-refractivity contribution in [1.82, 2.24) is 4.31 Å². The molecule has 72 valence electrons. The fourth-order valence-electron chi connectivity index (χ4n) is 1.10. The molecule has 1 aliphatic rings. The molecule has 0 aromatic heterocycles. The molecule has 4 nitrogen and oxygen atoms in total. The Morgan fingerprint density at radius 3 is 2.42 bits per heavy atom. The number of hydrogen-bond acceptors (Lipinski definition) is 3. The van der Waals surface area contributed by atoms with Gasteiger partial charge in [-0.2, -0.15) is 12.7 Å². The molecule has 12 heavy (non-hydrogen) atoms. The first-order chi connectivity index (χ1) is 5.45. The van der Waals surface area contributed by atoms with Crippen molar-refractivity contribution in [3.63, 3.8) is 0 Å². The van der Waals surface area contributed by atoms with Crippen molar-refractivity contribution < 1.29 is 17.5 Å². The average Bonchev–Trinajstić information content (AvgIpc) is 2.29. The van der Waals surface area contributed by atoms with Crippen LogP contribution in [-0.2, 0) is 14.0 Å². The summed E-state index contributed by atoms with van der Waals surface area (Å²) in [5, 5.41) is 0. The smallest absolute Gasteiger partial charge is 0.299 e. The van der Waals surface area contributed by atoms with Gasteiger partial charge in [0.05, 0.1) is 0 Å². The monoisotopic (exact) mass is 217 g/mol. The van der Waals surface area contributed by atoms with Gasteiger partial charge >= 0.3 is 0 Å². The molecule has 0 amide bonds. The van der Waals surface area contributed by atoms with Crippen molar-refractivity contribution in [2.24, 2.45) is 0 Å². The number of methoxy groups -OCH3 is 1. The Morgan fingerprint density at radius 2 is 2.17 bits per heavy atom. The molecule has 2 atom stereocenters. The second kappa shape index (κ2) is 3.45. The lowest BCUT2D eigenvalue weighted by molar-refractivity contribution is 0.0637. The quantitative estimate of drug-likeness (QED) is 0.619. The van der Waals surface area contributed by atoms with E-state index in [4.69, 9.17) is 15.4 Å². The van der Waals surface area contributed by atoms with Gasteiger partial charge in [0, 0.05) is 30.9 Å². The summed E-state index contributed by atoms with van der Waals surface area (Å²) in [5.74, 6) is 0. The molecule has 0 aromatic carbocycles. The lowest BCUT2D eigenvalue weighted by Gasteiger charge is -2.09. The first-order valence-corrected chi connectivity index (χ1v) is 5.58. The summed E-state index contributed by atoms with van der Waals surface area (Å²) in [7, 11) is 2.54. The van der Waals surface area contributed by atoms with Crippen LogP contribution in [0.1, 0.15) is 0 Å². The highest BCUT2D eigenvalue weighted by atomic mass is 35.7. The molecule has 1 heterocycles. The third-order valence-electron chi connectivity index (χ3n) is 1.78. The normalized spacial score (nSPS) is 32.6. The van der Waals surface area contributed by atoms with Crippen molar-refractivity contribution in [2.45, 2.75) is 12.3 Å². The molecule has 1 aliphatic heterocycles. The predicted molar refractivity (Wildman–Crippen MR) is 42.0 cm³/mol. The molecule has 1 fully saturated rings. The molecule has 0 radical (unpaired) electrons. The van der Waals surface area contributed by atoms with Gasteiger partial charge in [-0.05, 0) is 0 Å². The van der Waals surface area contributed by atoms with Gasteiger partial charge in [-0.3, -0.25) is 0 Å². The first-order valence-electron chi connectivity index (χ1n) is 3.31. The summed E-state index contributed by atoms with van der Waals surface area (Å²) in [5.41, 5.74) is 0. The molecular weight excluding hydrogens is 209 g/mol. The number of rotatable bonds is 2. The summed E-state index contributed by atoms with van der Waals surface area (Å²) < 4.78 is 39.9. The van der Waals surface area contributed by atoms with Gasteiger partial charge in [0.2, 0.25) is 0 Å².